The fraction of sp³-hybridized carbons (Fsp3) is 0.429. The molecule has 1 atom stereocenters. The molecule has 1 aliphatic rings. The van der Waals surface area contributed by atoms with Crippen LogP contribution in [0.4, 0.5) is 0 Å². The SMILES string of the molecule is CCNC(CSc1ccccc1Cl)C1=CCCO1. The van der Waals surface area contributed by atoms with E-state index < -0.39 is 0 Å². The quantitative estimate of drug-likeness (QED) is 0.804. The molecule has 0 radical (unpaired) electrons. The molecule has 1 N–H and O–H groups in total. The topological polar surface area (TPSA) is 21.3 Å². The van der Waals surface area contributed by atoms with Gasteiger partial charge in [-0.2, -0.15) is 0 Å². The van der Waals surface area contributed by atoms with Crippen molar-refractivity contribution in [2.45, 2.75) is 24.3 Å². The highest BCUT2D eigenvalue weighted by atomic mass is 35.5. The average Bonchev–Trinajstić information content (AvgIpc) is 2.90. The van der Waals surface area contributed by atoms with Crippen LogP contribution in [-0.4, -0.2) is 24.9 Å². The Morgan fingerprint density at radius 2 is 2.28 bits per heavy atom. The van der Waals surface area contributed by atoms with Crippen LogP contribution in [0.2, 0.25) is 5.02 Å². The van der Waals surface area contributed by atoms with Crippen LogP contribution in [-0.2, 0) is 4.74 Å². The Labute approximate surface area is 118 Å². The third-order valence-electron chi connectivity index (χ3n) is 2.77. The second kappa shape index (κ2) is 7.07. The van der Waals surface area contributed by atoms with Gasteiger partial charge < -0.3 is 10.1 Å². The van der Waals surface area contributed by atoms with E-state index in [0.717, 1.165) is 41.0 Å². The molecule has 1 unspecified atom stereocenters. The third kappa shape index (κ3) is 3.67. The van der Waals surface area contributed by atoms with E-state index in [1.54, 1.807) is 11.8 Å². The maximum absolute atomic E-state index is 6.16. The maximum Gasteiger partial charge on any atom is 0.110 e. The largest absolute Gasteiger partial charge is 0.496 e. The highest BCUT2D eigenvalue weighted by Gasteiger charge is 2.18. The minimum atomic E-state index is 0.277. The van der Waals surface area contributed by atoms with Crippen LogP contribution in [0.1, 0.15) is 13.3 Å². The first-order chi connectivity index (χ1) is 8.81. The molecule has 0 saturated heterocycles. The first-order valence-corrected chi connectivity index (χ1v) is 7.61. The normalized spacial score (nSPS) is 16.2. The lowest BCUT2D eigenvalue weighted by molar-refractivity contribution is 0.220. The summed E-state index contributed by atoms with van der Waals surface area (Å²) in [5.41, 5.74) is 0. The second-order valence-electron chi connectivity index (χ2n) is 4.10. The number of likely N-dealkylation sites (N-methyl/N-ethyl adjacent to an activating group) is 1. The van der Waals surface area contributed by atoms with Crippen molar-refractivity contribution in [2.75, 3.05) is 18.9 Å². The molecule has 0 bridgehead atoms. The lowest BCUT2D eigenvalue weighted by atomic mass is 10.2. The van der Waals surface area contributed by atoms with Gasteiger partial charge in [0.05, 0.1) is 17.7 Å². The molecule has 2 nitrogen and oxygen atoms in total. The average molecular weight is 284 g/mol. The first-order valence-electron chi connectivity index (χ1n) is 6.25. The van der Waals surface area contributed by atoms with Crippen molar-refractivity contribution in [3.63, 3.8) is 0 Å². The molecule has 0 aliphatic carbocycles. The predicted molar refractivity (Wildman–Crippen MR) is 78.3 cm³/mol. The van der Waals surface area contributed by atoms with Crippen molar-refractivity contribution < 1.29 is 4.74 Å². The number of hydrogen-bond donors (Lipinski definition) is 1. The zero-order chi connectivity index (χ0) is 12.8. The summed E-state index contributed by atoms with van der Waals surface area (Å²) < 4.78 is 5.64. The molecule has 4 heteroatoms. The molecule has 1 aromatic rings. The van der Waals surface area contributed by atoms with E-state index in [4.69, 9.17) is 16.3 Å². The summed E-state index contributed by atoms with van der Waals surface area (Å²) in [5, 5.41) is 4.28. The molecule has 0 saturated carbocycles. The van der Waals surface area contributed by atoms with Gasteiger partial charge in [0, 0.05) is 17.1 Å². The van der Waals surface area contributed by atoms with Crippen LogP contribution in [0.25, 0.3) is 0 Å². The van der Waals surface area contributed by atoms with Crippen molar-refractivity contribution >= 4 is 23.4 Å². The van der Waals surface area contributed by atoms with Crippen molar-refractivity contribution in [3.8, 4) is 0 Å². The number of hydrogen-bond acceptors (Lipinski definition) is 3. The Morgan fingerprint density at radius 1 is 1.44 bits per heavy atom. The fourth-order valence-corrected chi connectivity index (χ4v) is 3.21. The van der Waals surface area contributed by atoms with E-state index in [9.17, 15) is 0 Å². The smallest absolute Gasteiger partial charge is 0.110 e. The molecule has 98 valence electrons. The Hall–Kier alpha value is -0.640. The Morgan fingerprint density at radius 3 is 2.94 bits per heavy atom. The lowest BCUT2D eigenvalue weighted by Crippen LogP contribution is -2.33. The maximum atomic E-state index is 6.16. The summed E-state index contributed by atoms with van der Waals surface area (Å²) in [6.45, 7) is 3.87. The van der Waals surface area contributed by atoms with Gasteiger partial charge in [-0.05, 0) is 24.8 Å². The number of thioether (sulfide) groups is 1. The first kappa shape index (κ1) is 13.8. The molecule has 1 aliphatic heterocycles. The highest BCUT2D eigenvalue weighted by Crippen LogP contribution is 2.28. The number of ether oxygens (including phenoxy) is 1. The zero-order valence-electron chi connectivity index (χ0n) is 10.5. The zero-order valence-corrected chi connectivity index (χ0v) is 12.1. The van der Waals surface area contributed by atoms with Crippen LogP contribution in [0, 0.1) is 0 Å². The summed E-state index contributed by atoms with van der Waals surface area (Å²) in [7, 11) is 0. The van der Waals surface area contributed by atoms with Crippen molar-refractivity contribution in [3.05, 3.63) is 41.1 Å². The third-order valence-corrected chi connectivity index (χ3v) is 4.38. The minimum absolute atomic E-state index is 0.277. The summed E-state index contributed by atoms with van der Waals surface area (Å²) in [4.78, 5) is 1.13. The Balaban J connectivity index is 1.95. The number of nitrogens with one attached hydrogen (secondary N) is 1. The summed E-state index contributed by atoms with van der Waals surface area (Å²) in [6, 6.07) is 8.23. The van der Waals surface area contributed by atoms with Crippen LogP contribution in [0.5, 0.6) is 0 Å². The van der Waals surface area contributed by atoms with E-state index in [0.29, 0.717) is 0 Å². The molecule has 0 amide bonds. The number of halogens is 1. The fourth-order valence-electron chi connectivity index (χ4n) is 1.90. The Bertz CT molecular complexity index is 422. The summed E-state index contributed by atoms with van der Waals surface area (Å²) in [6.07, 6.45) is 3.20. The van der Waals surface area contributed by atoms with E-state index in [-0.39, 0.29) is 6.04 Å². The van der Waals surface area contributed by atoms with Crippen molar-refractivity contribution in [1.82, 2.24) is 5.32 Å². The van der Waals surface area contributed by atoms with Crippen LogP contribution >= 0.6 is 23.4 Å². The van der Waals surface area contributed by atoms with Gasteiger partial charge in [0.2, 0.25) is 0 Å². The molecular weight excluding hydrogens is 266 g/mol. The van der Waals surface area contributed by atoms with Crippen molar-refractivity contribution in [1.29, 1.82) is 0 Å². The molecule has 0 aromatic heterocycles. The van der Waals surface area contributed by atoms with Gasteiger partial charge in [-0.15, -0.1) is 11.8 Å². The van der Waals surface area contributed by atoms with Crippen LogP contribution in [0.3, 0.4) is 0 Å². The van der Waals surface area contributed by atoms with E-state index >= 15 is 0 Å². The van der Waals surface area contributed by atoms with Crippen molar-refractivity contribution in [2.24, 2.45) is 0 Å². The Kier molecular flexibility index (Phi) is 5.42. The molecule has 2 rings (SSSR count). The molecule has 0 fully saturated rings. The molecular formula is C14H18ClNOS. The minimum Gasteiger partial charge on any atom is -0.496 e. The highest BCUT2D eigenvalue weighted by molar-refractivity contribution is 7.99. The van der Waals surface area contributed by atoms with E-state index in [2.05, 4.69) is 24.4 Å². The van der Waals surface area contributed by atoms with E-state index in [1.165, 1.54) is 0 Å². The van der Waals surface area contributed by atoms with Gasteiger partial charge in [0.1, 0.15) is 5.76 Å². The predicted octanol–water partition coefficient (Wildman–Crippen LogP) is 3.71. The van der Waals surface area contributed by atoms with E-state index in [1.807, 2.05) is 18.2 Å². The molecule has 18 heavy (non-hydrogen) atoms. The molecule has 0 spiro atoms. The summed E-state index contributed by atoms with van der Waals surface area (Å²) >= 11 is 7.92. The molecule has 1 aromatic carbocycles. The second-order valence-corrected chi connectivity index (χ2v) is 5.56. The van der Waals surface area contributed by atoms with Crippen LogP contribution < -0.4 is 5.32 Å². The van der Waals surface area contributed by atoms with Gasteiger partial charge in [0.25, 0.3) is 0 Å². The lowest BCUT2D eigenvalue weighted by Gasteiger charge is -2.18. The van der Waals surface area contributed by atoms with Gasteiger partial charge in [-0.1, -0.05) is 30.7 Å². The standard InChI is InChI=1S/C14H18ClNOS/c1-2-16-12(13-7-5-9-17-13)10-18-14-8-4-3-6-11(14)15/h3-4,6-8,12,16H,2,5,9-10H2,1H3. The van der Waals surface area contributed by atoms with Gasteiger partial charge in [-0.3, -0.25) is 0 Å². The van der Waals surface area contributed by atoms with Gasteiger partial charge in [0.15, 0.2) is 0 Å². The summed E-state index contributed by atoms with van der Waals surface area (Å²) in [5.74, 6) is 2.01. The number of benzene rings is 1. The van der Waals surface area contributed by atoms with Gasteiger partial charge >= 0.3 is 0 Å². The van der Waals surface area contributed by atoms with Gasteiger partial charge in [-0.25, -0.2) is 0 Å². The monoisotopic (exact) mass is 283 g/mol. The molecule has 1 heterocycles. The van der Waals surface area contributed by atoms with Crippen LogP contribution in [0.15, 0.2) is 41.0 Å². The number of rotatable bonds is 6.